The molecule has 2 atom stereocenters. The maximum Gasteiger partial charge on any atom is 0.269 e. The Morgan fingerprint density at radius 1 is 1.33 bits per heavy atom. The van der Waals surface area contributed by atoms with Gasteiger partial charge in [-0.05, 0) is 25.1 Å². The number of aromatic nitrogens is 2. The zero-order valence-electron chi connectivity index (χ0n) is 18.1. The number of aromatic amines is 1. The molecule has 8 nitrogen and oxygen atoms in total. The smallest absolute Gasteiger partial charge is 0.269 e. The molecule has 2 aromatic heterocycles. The number of hydrogen-bond donors (Lipinski definition) is 2. The van der Waals surface area contributed by atoms with Gasteiger partial charge in [-0.3, -0.25) is 14.5 Å². The summed E-state index contributed by atoms with van der Waals surface area (Å²) in [5, 5.41) is 2.94. The summed E-state index contributed by atoms with van der Waals surface area (Å²) in [4.78, 5) is 32.1. The molecule has 0 spiro atoms. The molecule has 10 heteroatoms. The molecule has 2 N–H and O–H groups in total. The molecule has 33 heavy (non-hydrogen) atoms. The van der Waals surface area contributed by atoms with Crippen molar-refractivity contribution in [1.82, 2.24) is 20.2 Å². The van der Waals surface area contributed by atoms with Gasteiger partial charge in [0.1, 0.15) is 17.5 Å². The lowest BCUT2D eigenvalue weighted by atomic mass is 9.98. The normalized spacial score (nSPS) is 19.6. The van der Waals surface area contributed by atoms with Gasteiger partial charge < -0.3 is 19.8 Å². The third-order valence-corrected chi connectivity index (χ3v) is 6.31. The van der Waals surface area contributed by atoms with E-state index in [1.165, 1.54) is 19.2 Å². The van der Waals surface area contributed by atoms with Crippen LogP contribution in [0.1, 0.15) is 28.5 Å². The molecule has 3 aromatic rings. The lowest BCUT2D eigenvalue weighted by molar-refractivity contribution is -0.0437. The van der Waals surface area contributed by atoms with E-state index in [-0.39, 0.29) is 34.7 Å². The number of pyridine rings is 2. The van der Waals surface area contributed by atoms with Gasteiger partial charge in [0.05, 0.1) is 17.7 Å². The minimum atomic E-state index is -0.860. The lowest BCUT2D eigenvalue weighted by Gasteiger charge is -2.45. The van der Waals surface area contributed by atoms with Crippen LogP contribution in [0.4, 0.5) is 8.78 Å². The van der Waals surface area contributed by atoms with Crippen LogP contribution < -0.4 is 20.3 Å². The first-order chi connectivity index (χ1) is 15.9. The van der Waals surface area contributed by atoms with Crippen molar-refractivity contribution >= 4 is 16.8 Å². The Morgan fingerprint density at radius 2 is 2.15 bits per heavy atom. The Hall–Kier alpha value is -3.53. The average molecular weight is 456 g/mol. The topological polar surface area (TPSA) is 96.6 Å². The summed E-state index contributed by atoms with van der Waals surface area (Å²) >= 11 is 0. The summed E-state index contributed by atoms with van der Waals surface area (Å²) in [7, 11) is 1.44. The van der Waals surface area contributed by atoms with Crippen molar-refractivity contribution in [3.8, 4) is 11.5 Å². The van der Waals surface area contributed by atoms with E-state index in [2.05, 4.69) is 15.3 Å². The number of amides is 1. The molecule has 1 aromatic carbocycles. The van der Waals surface area contributed by atoms with Crippen LogP contribution in [0.25, 0.3) is 10.9 Å². The maximum absolute atomic E-state index is 15.2. The van der Waals surface area contributed by atoms with Gasteiger partial charge in [-0.25, -0.2) is 9.37 Å². The first kappa shape index (κ1) is 21.3. The predicted octanol–water partition coefficient (Wildman–Crippen LogP) is 2.15. The zero-order chi connectivity index (χ0) is 23.3. The summed E-state index contributed by atoms with van der Waals surface area (Å²) in [5.74, 6) is -1.41. The molecular formula is C23H22F2N4O4. The molecule has 1 amide bonds. The summed E-state index contributed by atoms with van der Waals surface area (Å²) in [6, 6.07) is 6.12. The van der Waals surface area contributed by atoms with Crippen LogP contribution >= 0.6 is 0 Å². The minimum Gasteiger partial charge on any atom is -0.492 e. The van der Waals surface area contributed by atoms with Crippen LogP contribution in [0, 0.1) is 11.8 Å². The Morgan fingerprint density at radius 3 is 2.88 bits per heavy atom. The maximum atomic E-state index is 15.2. The summed E-state index contributed by atoms with van der Waals surface area (Å²) in [6.45, 7) is 3.08. The minimum absolute atomic E-state index is 0.0356. The molecular weight excluding hydrogens is 434 g/mol. The Kier molecular flexibility index (Phi) is 5.24. The van der Waals surface area contributed by atoms with E-state index in [9.17, 15) is 14.0 Å². The molecule has 2 aliphatic rings. The number of halogens is 2. The number of H-pyrrole nitrogens is 1. The number of ether oxygens (including phenoxy) is 2. The van der Waals surface area contributed by atoms with Gasteiger partial charge in [0.15, 0.2) is 11.6 Å². The van der Waals surface area contributed by atoms with Crippen LogP contribution in [0.5, 0.6) is 11.5 Å². The number of rotatable bonds is 5. The van der Waals surface area contributed by atoms with Crippen molar-refractivity contribution < 1.29 is 23.0 Å². The van der Waals surface area contributed by atoms with E-state index in [1.807, 2.05) is 11.8 Å². The van der Waals surface area contributed by atoms with Gasteiger partial charge >= 0.3 is 0 Å². The number of nitrogens with one attached hydrogen (secondary N) is 2. The molecule has 0 bridgehead atoms. The Bertz CT molecular complexity index is 1330. The van der Waals surface area contributed by atoms with E-state index in [1.54, 1.807) is 12.1 Å². The van der Waals surface area contributed by atoms with Gasteiger partial charge in [0, 0.05) is 43.5 Å². The molecule has 2 aliphatic heterocycles. The van der Waals surface area contributed by atoms with Crippen LogP contribution in [0.15, 0.2) is 29.1 Å². The van der Waals surface area contributed by atoms with Crippen molar-refractivity contribution in [2.75, 3.05) is 20.2 Å². The predicted molar refractivity (Wildman–Crippen MR) is 116 cm³/mol. The molecule has 1 unspecified atom stereocenters. The van der Waals surface area contributed by atoms with Crippen LogP contribution in [0.2, 0.25) is 0 Å². The lowest BCUT2D eigenvalue weighted by Crippen LogP contribution is -2.60. The van der Waals surface area contributed by atoms with Crippen molar-refractivity contribution in [2.45, 2.75) is 32.0 Å². The molecule has 0 aliphatic carbocycles. The van der Waals surface area contributed by atoms with Gasteiger partial charge in [-0.1, -0.05) is 6.07 Å². The number of carbonyl (C=O) groups is 1. The number of hydrogen-bond acceptors (Lipinski definition) is 6. The first-order valence-electron chi connectivity index (χ1n) is 10.7. The third-order valence-electron chi connectivity index (χ3n) is 6.31. The average Bonchev–Trinajstić information content (AvgIpc) is 3.31. The fourth-order valence-corrected chi connectivity index (χ4v) is 4.29. The standard InChI is InChI=1S/C23H22F2N4O4/c1-11-17(33-16-6-5-15(23(31)26-2)27-21(16)25)10-29(11)9-12-3-4-13-19(18(12)24)28-22(30)14-7-8-32-20(13)14/h3-6,11,17H,7-10H2,1-2H3,(H,26,31)(H,28,30)/t11-,17?/m0/s1. The highest BCUT2D eigenvalue weighted by molar-refractivity contribution is 5.92. The molecule has 1 fully saturated rings. The Balaban J connectivity index is 1.29. The van der Waals surface area contributed by atoms with Crippen molar-refractivity contribution in [3.05, 3.63) is 63.2 Å². The molecule has 172 valence electrons. The molecule has 0 radical (unpaired) electrons. The highest BCUT2D eigenvalue weighted by atomic mass is 19.1. The van der Waals surface area contributed by atoms with Gasteiger partial charge in [0.25, 0.3) is 17.4 Å². The van der Waals surface area contributed by atoms with Crippen molar-refractivity contribution in [3.63, 3.8) is 0 Å². The second-order valence-electron chi connectivity index (χ2n) is 8.21. The number of carbonyl (C=O) groups excluding carboxylic acids is 1. The molecule has 4 heterocycles. The first-order valence-corrected chi connectivity index (χ1v) is 10.7. The highest BCUT2D eigenvalue weighted by Gasteiger charge is 2.38. The summed E-state index contributed by atoms with van der Waals surface area (Å²) in [6.07, 6.45) is 0.202. The zero-order valence-corrected chi connectivity index (χ0v) is 18.1. The SMILES string of the molecule is CNC(=O)c1ccc(OC2CN(Cc3ccc4c5c(c(=O)[nH]c4c3F)CCO5)[C@H]2C)c(F)n1. The van der Waals surface area contributed by atoms with Gasteiger partial charge in [0.2, 0.25) is 0 Å². The van der Waals surface area contributed by atoms with E-state index >= 15 is 4.39 Å². The van der Waals surface area contributed by atoms with Crippen LogP contribution in [0.3, 0.4) is 0 Å². The second kappa shape index (κ2) is 8.11. The quantitative estimate of drug-likeness (QED) is 0.572. The van der Waals surface area contributed by atoms with Gasteiger partial charge in [-0.2, -0.15) is 4.39 Å². The van der Waals surface area contributed by atoms with E-state index in [4.69, 9.17) is 9.47 Å². The van der Waals surface area contributed by atoms with Gasteiger partial charge in [-0.15, -0.1) is 0 Å². The second-order valence-corrected chi connectivity index (χ2v) is 8.21. The van der Waals surface area contributed by atoms with Crippen molar-refractivity contribution in [1.29, 1.82) is 0 Å². The van der Waals surface area contributed by atoms with Crippen molar-refractivity contribution in [2.24, 2.45) is 0 Å². The van der Waals surface area contributed by atoms with Crippen LogP contribution in [-0.2, 0) is 13.0 Å². The van der Waals surface area contributed by atoms with E-state index in [0.29, 0.717) is 48.4 Å². The third kappa shape index (κ3) is 3.60. The monoisotopic (exact) mass is 456 g/mol. The fraction of sp³-hybridized carbons (Fsp3) is 0.348. The molecule has 1 saturated heterocycles. The van der Waals surface area contributed by atoms with Crippen LogP contribution in [-0.4, -0.2) is 53.1 Å². The largest absolute Gasteiger partial charge is 0.492 e. The number of likely N-dealkylation sites (tertiary alicyclic amines) is 1. The fourth-order valence-electron chi connectivity index (χ4n) is 4.29. The number of nitrogens with zero attached hydrogens (tertiary/aromatic N) is 2. The molecule has 5 rings (SSSR count). The van der Waals surface area contributed by atoms with E-state index < -0.39 is 17.7 Å². The number of fused-ring (bicyclic) bond motifs is 3. The Labute approximate surface area is 187 Å². The highest BCUT2D eigenvalue weighted by Crippen LogP contribution is 2.34. The summed E-state index contributed by atoms with van der Waals surface area (Å²) < 4.78 is 40.8. The summed E-state index contributed by atoms with van der Waals surface area (Å²) in [5.41, 5.74) is 0.769. The van der Waals surface area contributed by atoms with E-state index in [0.717, 1.165) is 0 Å². The number of benzene rings is 1. The molecule has 0 saturated carbocycles.